The van der Waals surface area contributed by atoms with Gasteiger partial charge in [-0.3, -0.25) is 4.79 Å². The summed E-state index contributed by atoms with van der Waals surface area (Å²) in [6, 6.07) is 7.80. The van der Waals surface area contributed by atoms with Crippen molar-refractivity contribution in [3.63, 3.8) is 0 Å². The van der Waals surface area contributed by atoms with Crippen molar-refractivity contribution in [2.45, 2.75) is 25.7 Å². The van der Waals surface area contributed by atoms with Crippen LogP contribution in [0.25, 0.3) is 0 Å². The summed E-state index contributed by atoms with van der Waals surface area (Å²) >= 11 is 6.15. The van der Waals surface area contributed by atoms with Gasteiger partial charge in [-0.15, -0.1) is 12.4 Å². The van der Waals surface area contributed by atoms with Crippen LogP contribution < -0.4 is 10.6 Å². The van der Waals surface area contributed by atoms with Crippen LogP contribution in [-0.4, -0.2) is 25.5 Å². The van der Waals surface area contributed by atoms with Crippen LogP contribution in [0.5, 0.6) is 0 Å². The molecule has 5 heteroatoms. The molecule has 2 atom stereocenters. The van der Waals surface area contributed by atoms with E-state index in [4.69, 9.17) is 11.6 Å². The number of hydrogen-bond donors (Lipinski definition) is 2. The number of amides is 1. The monoisotopic (exact) mass is 316 g/mol. The van der Waals surface area contributed by atoms with Crippen LogP contribution in [0.1, 0.15) is 31.2 Å². The average Bonchev–Trinajstić information content (AvgIpc) is 3.19. The largest absolute Gasteiger partial charge is 0.355 e. The van der Waals surface area contributed by atoms with Crippen LogP contribution >= 0.6 is 24.0 Å². The summed E-state index contributed by atoms with van der Waals surface area (Å²) in [6.07, 6.45) is 2.03. The van der Waals surface area contributed by atoms with Gasteiger partial charge in [0.15, 0.2) is 0 Å². The van der Waals surface area contributed by atoms with Gasteiger partial charge >= 0.3 is 0 Å². The summed E-state index contributed by atoms with van der Waals surface area (Å²) in [5, 5.41) is 7.01. The number of halogens is 2. The summed E-state index contributed by atoms with van der Waals surface area (Å²) in [5.74, 6) is 0.562. The molecule has 1 aromatic carbocycles. The normalized spacial score (nSPS) is 20.1. The van der Waals surface area contributed by atoms with E-state index in [0.29, 0.717) is 12.5 Å². The second-order valence-electron chi connectivity index (χ2n) is 5.01. The highest BCUT2D eigenvalue weighted by atomic mass is 35.5. The van der Waals surface area contributed by atoms with Crippen LogP contribution in [0.2, 0.25) is 5.02 Å². The molecule has 0 radical (unpaired) electrons. The fraction of sp³-hybridized carbons (Fsp3) is 0.533. The number of carbonyl (C=O) groups excluding carboxylic acids is 1. The Morgan fingerprint density at radius 3 is 2.75 bits per heavy atom. The number of hydrogen-bond acceptors (Lipinski definition) is 2. The molecule has 1 saturated carbocycles. The van der Waals surface area contributed by atoms with E-state index in [1.807, 2.05) is 24.3 Å². The average molecular weight is 317 g/mol. The third kappa shape index (κ3) is 4.65. The second-order valence-corrected chi connectivity index (χ2v) is 5.42. The molecule has 3 nitrogen and oxygen atoms in total. The van der Waals surface area contributed by atoms with E-state index in [-0.39, 0.29) is 24.2 Å². The van der Waals surface area contributed by atoms with Crippen molar-refractivity contribution in [1.82, 2.24) is 10.6 Å². The van der Waals surface area contributed by atoms with E-state index >= 15 is 0 Å². The number of rotatable bonds is 7. The number of benzene rings is 1. The topological polar surface area (TPSA) is 41.1 Å². The minimum absolute atomic E-state index is 0. The molecule has 0 aliphatic heterocycles. The van der Waals surface area contributed by atoms with Crippen molar-refractivity contribution >= 4 is 29.9 Å². The van der Waals surface area contributed by atoms with Crippen LogP contribution in [0, 0.1) is 5.92 Å². The molecule has 2 rings (SSSR count). The summed E-state index contributed by atoms with van der Waals surface area (Å²) in [6.45, 7) is 4.67. The minimum atomic E-state index is 0. The SMILES string of the molecule is CCCNCCNC(=O)C1CC1c1ccccc1Cl.Cl. The van der Waals surface area contributed by atoms with Crippen molar-refractivity contribution in [1.29, 1.82) is 0 Å². The summed E-state index contributed by atoms with van der Waals surface area (Å²) in [5.41, 5.74) is 1.11. The van der Waals surface area contributed by atoms with Crippen LogP contribution in [0.4, 0.5) is 0 Å². The van der Waals surface area contributed by atoms with Crippen LogP contribution in [0.15, 0.2) is 24.3 Å². The quantitative estimate of drug-likeness (QED) is 0.759. The van der Waals surface area contributed by atoms with Gasteiger partial charge in [-0.05, 0) is 36.9 Å². The first-order valence-electron chi connectivity index (χ1n) is 6.97. The molecule has 1 aliphatic carbocycles. The van der Waals surface area contributed by atoms with Gasteiger partial charge in [-0.2, -0.15) is 0 Å². The zero-order valence-corrected chi connectivity index (χ0v) is 13.3. The van der Waals surface area contributed by atoms with Crippen molar-refractivity contribution in [3.8, 4) is 0 Å². The Kier molecular flexibility index (Phi) is 7.35. The Labute approximate surface area is 131 Å². The molecule has 0 heterocycles. The highest BCUT2D eigenvalue weighted by Crippen LogP contribution is 2.49. The molecule has 2 N–H and O–H groups in total. The first-order valence-corrected chi connectivity index (χ1v) is 7.34. The maximum atomic E-state index is 12.0. The predicted molar refractivity (Wildman–Crippen MR) is 85.7 cm³/mol. The van der Waals surface area contributed by atoms with E-state index in [0.717, 1.165) is 36.5 Å². The number of carbonyl (C=O) groups is 1. The highest BCUT2D eigenvalue weighted by Gasteiger charge is 2.44. The lowest BCUT2D eigenvalue weighted by Crippen LogP contribution is -2.33. The standard InChI is InChI=1S/C15H21ClN2O.ClH/c1-2-7-17-8-9-18-15(19)13-10-12(13)11-5-3-4-6-14(11)16;/h3-6,12-13,17H,2,7-10H2,1H3,(H,18,19);1H. The molecule has 1 aliphatic rings. The molecule has 1 aromatic rings. The van der Waals surface area contributed by atoms with Gasteiger partial charge in [0.25, 0.3) is 0 Å². The zero-order chi connectivity index (χ0) is 13.7. The van der Waals surface area contributed by atoms with Gasteiger partial charge in [-0.1, -0.05) is 36.7 Å². The molecule has 20 heavy (non-hydrogen) atoms. The molecular weight excluding hydrogens is 295 g/mol. The molecular formula is C15H22Cl2N2O. The van der Waals surface area contributed by atoms with E-state index in [1.165, 1.54) is 0 Å². The summed E-state index contributed by atoms with van der Waals surface area (Å²) < 4.78 is 0. The van der Waals surface area contributed by atoms with Gasteiger partial charge < -0.3 is 10.6 Å². The molecule has 1 amide bonds. The lowest BCUT2D eigenvalue weighted by Gasteiger charge is -2.06. The molecule has 0 aromatic heterocycles. The Bertz CT molecular complexity index is 440. The zero-order valence-electron chi connectivity index (χ0n) is 11.7. The lowest BCUT2D eigenvalue weighted by atomic mass is 10.1. The van der Waals surface area contributed by atoms with Gasteiger partial charge in [0, 0.05) is 24.0 Å². The Hall–Kier alpha value is -0.770. The predicted octanol–water partition coefficient (Wildman–Crippen LogP) is 2.98. The van der Waals surface area contributed by atoms with E-state index in [1.54, 1.807) is 0 Å². The highest BCUT2D eigenvalue weighted by molar-refractivity contribution is 6.31. The maximum absolute atomic E-state index is 12.0. The summed E-state index contributed by atoms with van der Waals surface area (Å²) in [4.78, 5) is 12.0. The molecule has 0 saturated heterocycles. The van der Waals surface area contributed by atoms with Gasteiger partial charge in [0.05, 0.1) is 0 Å². The van der Waals surface area contributed by atoms with Gasteiger partial charge in [0.1, 0.15) is 0 Å². The lowest BCUT2D eigenvalue weighted by molar-refractivity contribution is -0.122. The molecule has 0 bridgehead atoms. The van der Waals surface area contributed by atoms with Crippen molar-refractivity contribution in [2.24, 2.45) is 5.92 Å². The second kappa shape index (κ2) is 8.50. The van der Waals surface area contributed by atoms with Crippen LogP contribution in [0.3, 0.4) is 0 Å². The third-order valence-corrected chi connectivity index (χ3v) is 3.80. The van der Waals surface area contributed by atoms with E-state index < -0.39 is 0 Å². The fourth-order valence-electron chi connectivity index (χ4n) is 2.31. The smallest absolute Gasteiger partial charge is 0.223 e. The maximum Gasteiger partial charge on any atom is 0.223 e. The fourth-order valence-corrected chi connectivity index (χ4v) is 2.59. The molecule has 112 valence electrons. The van der Waals surface area contributed by atoms with Crippen molar-refractivity contribution in [3.05, 3.63) is 34.9 Å². The number of nitrogens with one attached hydrogen (secondary N) is 2. The van der Waals surface area contributed by atoms with Crippen LogP contribution in [-0.2, 0) is 4.79 Å². The molecule has 0 spiro atoms. The first-order chi connectivity index (χ1) is 9.24. The first kappa shape index (κ1) is 17.3. The summed E-state index contributed by atoms with van der Waals surface area (Å²) in [7, 11) is 0. The minimum Gasteiger partial charge on any atom is -0.355 e. The van der Waals surface area contributed by atoms with Crippen molar-refractivity contribution < 1.29 is 4.79 Å². The van der Waals surface area contributed by atoms with Gasteiger partial charge in [0.2, 0.25) is 5.91 Å². The molecule has 1 fully saturated rings. The Morgan fingerprint density at radius 2 is 2.05 bits per heavy atom. The Morgan fingerprint density at radius 1 is 1.30 bits per heavy atom. The third-order valence-electron chi connectivity index (χ3n) is 3.46. The van der Waals surface area contributed by atoms with Gasteiger partial charge in [-0.25, -0.2) is 0 Å². The van der Waals surface area contributed by atoms with E-state index in [9.17, 15) is 4.79 Å². The van der Waals surface area contributed by atoms with Crippen molar-refractivity contribution in [2.75, 3.05) is 19.6 Å². The Balaban J connectivity index is 0.00000200. The van der Waals surface area contributed by atoms with E-state index in [2.05, 4.69) is 17.6 Å². The molecule has 2 unspecified atom stereocenters.